The molecule has 0 N–H and O–H groups in total. The highest BCUT2D eigenvalue weighted by Gasteiger charge is 2.17. The summed E-state index contributed by atoms with van der Waals surface area (Å²) in [5.74, 6) is 1.35. The lowest BCUT2D eigenvalue weighted by Gasteiger charge is -2.26. The quantitative estimate of drug-likeness (QED) is 0.859. The number of nitrogens with zero attached hydrogens (tertiary/aromatic N) is 6. The van der Waals surface area contributed by atoms with Crippen LogP contribution >= 0.6 is 11.6 Å². The van der Waals surface area contributed by atoms with Crippen LogP contribution in [0.1, 0.15) is 25.5 Å². The van der Waals surface area contributed by atoms with Gasteiger partial charge in [0.15, 0.2) is 0 Å². The molecule has 0 bridgehead atoms. The Morgan fingerprint density at radius 1 is 1.14 bits per heavy atom. The Morgan fingerprint density at radius 2 is 1.86 bits per heavy atom. The van der Waals surface area contributed by atoms with Gasteiger partial charge < -0.3 is 9.64 Å². The first-order chi connectivity index (χ1) is 10.1. The van der Waals surface area contributed by atoms with Crippen molar-refractivity contribution >= 4 is 17.5 Å². The minimum Gasteiger partial charge on any atom is -0.378 e. The van der Waals surface area contributed by atoms with Crippen molar-refractivity contribution in [2.24, 2.45) is 0 Å². The summed E-state index contributed by atoms with van der Waals surface area (Å²) < 4.78 is 6.96. The van der Waals surface area contributed by atoms with Gasteiger partial charge in [-0.2, -0.15) is 20.1 Å². The molecule has 8 heteroatoms. The van der Waals surface area contributed by atoms with Crippen LogP contribution in [-0.4, -0.2) is 51.0 Å². The lowest BCUT2D eigenvalue weighted by molar-refractivity contribution is 0.122. The van der Waals surface area contributed by atoms with Gasteiger partial charge in [0.05, 0.1) is 18.9 Å². The lowest BCUT2D eigenvalue weighted by atomic mass is 10.1. The van der Waals surface area contributed by atoms with E-state index in [1.54, 1.807) is 4.68 Å². The molecular formula is C13H17ClN6O. The molecule has 3 rings (SSSR count). The normalized spacial score (nSPS) is 15.7. The Hall–Kier alpha value is -1.73. The van der Waals surface area contributed by atoms with Gasteiger partial charge in [-0.25, -0.2) is 4.68 Å². The molecule has 1 aliphatic rings. The zero-order chi connectivity index (χ0) is 14.8. The van der Waals surface area contributed by atoms with E-state index in [1.165, 1.54) is 0 Å². The van der Waals surface area contributed by atoms with Gasteiger partial charge in [0.1, 0.15) is 0 Å². The molecule has 21 heavy (non-hydrogen) atoms. The second-order valence-electron chi connectivity index (χ2n) is 5.14. The fourth-order valence-corrected chi connectivity index (χ4v) is 2.25. The molecule has 0 saturated carbocycles. The predicted octanol–water partition coefficient (Wildman–Crippen LogP) is 1.67. The van der Waals surface area contributed by atoms with E-state index >= 15 is 0 Å². The molecule has 0 atom stereocenters. The first-order valence-corrected chi connectivity index (χ1v) is 7.31. The van der Waals surface area contributed by atoms with Crippen LogP contribution in [0, 0.1) is 0 Å². The highest BCUT2D eigenvalue weighted by Crippen LogP contribution is 2.16. The molecule has 0 amide bonds. The second kappa shape index (κ2) is 5.95. The summed E-state index contributed by atoms with van der Waals surface area (Å²) in [5, 5.41) is 4.64. The third-order valence-corrected chi connectivity index (χ3v) is 3.45. The van der Waals surface area contributed by atoms with Gasteiger partial charge in [-0.05, 0) is 23.6 Å². The van der Waals surface area contributed by atoms with E-state index in [2.05, 4.69) is 33.9 Å². The molecule has 0 radical (unpaired) electrons. The molecule has 1 aliphatic heterocycles. The maximum Gasteiger partial charge on any atom is 0.256 e. The number of hydrogen-bond donors (Lipinski definition) is 0. The van der Waals surface area contributed by atoms with Crippen LogP contribution in [0.4, 0.5) is 5.95 Å². The van der Waals surface area contributed by atoms with Crippen molar-refractivity contribution in [2.45, 2.75) is 19.8 Å². The fraction of sp³-hybridized carbons (Fsp3) is 0.538. The minimum atomic E-state index is 0.170. The van der Waals surface area contributed by atoms with Gasteiger partial charge in [-0.3, -0.25) is 0 Å². The summed E-state index contributed by atoms with van der Waals surface area (Å²) in [5.41, 5.74) is 0.986. The van der Waals surface area contributed by atoms with Gasteiger partial charge >= 0.3 is 0 Å². The molecule has 0 spiro atoms. The minimum absolute atomic E-state index is 0.170. The van der Waals surface area contributed by atoms with Crippen molar-refractivity contribution in [1.29, 1.82) is 0 Å². The Bertz CT molecular complexity index is 623. The largest absolute Gasteiger partial charge is 0.378 e. The van der Waals surface area contributed by atoms with E-state index in [4.69, 9.17) is 16.3 Å². The van der Waals surface area contributed by atoms with Crippen LogP contribution in [0.2, 0.25) is 5.28 Å². The predicted molar refractivity (Wildman–Crippen MR) is 79.1 cm³/mol. The molecule has 1 fully saturated rings. The van der Waals surface area contributed by atoms with Crippen molar-refractivity contribution in [3.63, 3.8) is 0 Å². The molecule has 1 saturated heterocycles. The summed E-state index contributed by atoms with van der Waals surface area (Å²) in [6, 6.07) is 1.96. The van der Waals surface area contributed by atoms with E-state index in [9.17, 15) is 0 Å². The smallest absolute Gasteiger partial charge is 0.256 e. The van der Waals surface area contributed by atoms with Crippen molar-refractivity contribution in [3.05, 3.63) is 23.2 Å². The molecule has 2 aromatic heterocycles. The highest BCUT2D eigenvalue weighted by atomic mass is 35.5. The number of aromatic nitrogens is 5. The first kappa shape index (κ1) is 14.2. The second-order valence-corrected chi connectivity index (χ2v) is 5.48. The topological polar surface area (TPSA) is 69.0 Å². The zero-order valence-corrected chi connectivity index (χ0v) is 12.8. The molecule has 112 valence electrons. The van der Waals surface area contributed by atoms with Crippen LogP contribution in [0.5, 0.6) is 0 Å². The van der Waals surface area contributed by atoms with E-state index in [-0.39, 0.29) is 5.28 Å². The maximum absolute atomic E-state index is 6.03. The van der Waals surface area contributed by atoms with Gasteiger partial charge in [-0.15, -0.1) is 0 Å². The van der Waals surface area contributed by atoms with Crippen molar-refractivity contribution < 1.29 is 4.74 Å². The number of ether oxygens (including phenoxy) is 1. The monoisotopic (exact) mass is 308 g/mol. The lowest BCUT2D eigenvalue weighted by Crippen LogP contribution is -2.37. The van der Waals surface area contributed by atoms with Crippen LogP contribution < -0.4 is 4.90 Å². The summed E-state index contributed by atoms with van der Waals surface area (Å²) in [6.07, 6.45) is 1.84. The van der Waals surface area contributed by atoms with Crippen molar-refractivity contribution in [1.82, 2.24) is 24.7 Å². The zero-order valence-electron chi connectivity index (χ0n) is 12.0. The first-order valence-electron chi connectivity index (χ1n) is 6.93. The van der Waals surface area contributed by atoms with E-state index in [1.807, 2.05) is 17.2 Å². The third kappa shape index (κ3) is 3.14. The molecular weight excluding hydrogens is 292 g/mol. The van der Waals surface area contributed by atoms with Crippen molar-refractivity contribution in [2.75, 3.05) is 31.2 Å². The standard InChI is InChI=1S/C13H17ClN6O/c1-9(2)10-3-4-20(18-10)13-16-11(14)15-12(17-13)19-5-7-21-8-6-19/h3-4,9H,5-8H2,1-2H3. The van der Waals surface area contributed by atoms with Crippen LogP contribution in [0.15, 0.2) is 12.3 Å². The summed E-state index contributed by atoms with van der Waals surface area (Å²) in [6.45, 7) is 7.00. The Kier molecular flexibility index (Phi) is 4.03. The average molecular weight is 309 g/mol. The maximum atomic E-state index is 6.03. The fourth-order valence-electron chi connectivity index (χ4n) is 2.09. The van der Waals surface area contributed by atoms with Crippen LogP contribution in [0.25, 0.3) is 5.95 Å². The van der Waals surface area contributed by atoms with Crippen LogP contribution in [0.3, 0.4) is 0 Å². The van der Waals surface area contributed by atoms with E-state index in [0.29, 0.717) is 31.0 Å². The molecule has 7 nitrogen and oxygen atoms in total. The Labute approximate surface area is 127 Å². The average Bonchev–Trinajstić information content (AvgIpc) is 2.98. The number of anilines is 1. The molecule has 0 aromatic carbocycles. The van der Waals surface area contributed by atoms with Gasteiger partial charge in [-0.1, -0.05) is 13.8 Å². The van der Waals surface area contributed by atoms with Crippen molar-refractivity contribution in [3.8, 4) is 5.95 Å². The Balaban J connectivity index is 1.92. The third-order valence-electron chi connectivity index (χ3n) is 3.28. The molecule has 2 aromatic rings. The summed E-state index contributed by atoms with van der Waals surface area (Å²) >= 11 is 6.03. The Morgan fingerprint density at radius 3 is 2.52 bits per heavy atom. The van der Waals surface area contributed by atoms with Crippen LogP contribution in [-0.2, 0) is 4.74 Å². The number of rotatable bonds is 3. The molecule has 3 heterocycles. The van der Waals surface area contributed by atoms with Gasteiger partial charge in [0.25, 0.3) is 5.95 Å². The van der Waals surface area contributed by atoms with Gasteiger partial charge in [0, 0.05) is 19.3 Å². The van der Waals surface area contributed by atoms with E-state index < -0.39 is 0 Å². The van der Waals surface area contributed by atoms with Gasteiger partial charge in [0.2, 0.25) is 11.2 Å². The molecule has 0 aliphatic carbocycles. The highest BCUT2D eigenvalue weighted by molar-refractivity contribution is 6.28. The number of morpholine rings is 1. The summed E-state index contributed by atoms with van der Waals surface area (Å²) in [4.78, 5) is 14.9. The van der Waals surface area contributed by atoms with E-state index in [0.717, 1.165) is 18.8 Å². The summed E-state index contributed by atoms with van der Waals surface area (Å²) in [7, 11) is 0. The SMILES string of the molecule is CC(C)c1ccn(-c2nc(Cl)nc(N3CCOCC3)n2)n1. The number of hydrogen-bond acceptors (Lipinski definition) is 6. The molecule has 0 unspecified atom stereocenters. The number of halogens is 1.